The van der Waals surface area contributed by atoms with E-state index in [2.05, 4.69) is 10.6 Å². The highest BCUT2D eigenvalue weighted by atomic mass is 16.2. The summed E-state index contributed by atoms with van der Waals surface area (Å²) in [5, 5.41) is 4.79. The van der Waals surface area contributed by atoms with E-state index >= 15 is 0 Å². The molecule has 0 aliphatic carbocycles. The lowest BCUT2D eigenvalue weighted by molar-refractivity contribution is -0.137. The molecule has 3 aliphatic rings. The van der Waals surface area contributed by atoms with Crippen molar-refractivity contribution >= 4 is 23.8 Å². The van der Waals surface area contributed by atoms with Gasteiger partial charge in [0.15, 0.2) is 0 Å². The van der Waals surface area contributed by atoms with E-state index in [4.69, 9.17) is 0 Å². The highest BCUT2D eigenvalue weighted by Crippen LogP contribution is 2.25. The minimum Gasteiger partial charge on any atom is -0.343 e. The molecule has 5 amide bonds. The second kappa shape index (κ2) is 5.92. The Bertz CT molecular complexity index is 650. The van der Waals surface area contributed by atoms with Gasteiger partial charge in [0.1, 0.15) is 5.54 Å². The molecule has 2 fully saturated rings. The van der Waals surface area contributed by atoms with Gasteiger partial charge in [-0.05, 0) is 32.3 Å². The van der Waals surface area contributed by atoms with Gasteiger partial charge in [-0.2, -0.15) is 0 Å². The monoisotopic (exact) mass is 334 g/mol. The smallest absolute Gasteiger partial charge is 0.322 e. The average Bonchev–Trinajstić information content (AvgIpc) is 3.19. The molecule has 2 N–H and O–H groups in total. The van der Waals surface area contributed by atoms with Gasteiger partial charge in [0.25, 0.3) is 5.91 Å². The third kappa shape index (κ3) is 2.76. The van der Waals surface area contributed by atoms with E-state index in [1.165, 1.54) is 4.90 Å². The summed E-state index contributed by atoms with van der Waals surface area (Å²) >= 11 is 0. The van der Waals surface area contributed by atoms with Crippen LogP contribution in [0, 0.1) is 0 Å². The molecule has 0 spiro atoms. The van der Waals surface area contributed by atoms with Crippen molar-refractivity contribution in [3.8, 4) is 0 Å². The second-order valence-corrected chi connectivity index (χ2v) is 6.82. The van der Waals surface area contributed by atoms with Crippen LogP contribution in [0.4, 0.5) is 4.79 Å². The maximum atomic E-state index is 12.5. The molecule has 130 valence electrons. The van der Waals surface area contributed by atoms with Gasteiger partial charge in [0.2, 0.25) is 11.8 Å². The van der Waals surface area contributed by atoms with Crippen LogP contribution in [0.2, 0.25) is 0 Å². The number of amides is 5. The van der Waals surface area contributed by atoms with E-state index in [0.29, 0.717) is 25.2 Å². The Morgan fingerprint density at radius 1 is 1.17 bits per heavy atom. The fourth-order valence-electron chi connectivity index (χ4n) is 3.51. The molecule has 2 saturated heterocycles. The van der Waals surface area contributed by atoms with Crippen molar-refractivity contribution in [3.05, 3.63) is 11.1 Å². The zero-order valence-corrected chi connectivity index (χ0v) is 14.0. The van der Waals surface area contributed by atoms with E-state index in [1.807, 2.05) is 6.92 Å². The van der Waals surface area contributed by atoms with Crippen molar-refractivity contribution in [2.24, 2.45) is 0 Å². The Hall–Kier alpha value is -2.38. The third-order valence-corrected chi connectivity index (χ3v) is 5.06. The first kappa shape index (κ1) is 16.5. The fraction of sp³-hybridized carbons (Fsp3) is 0.625. The van der Waals surface area contributed by atoms with Crippen LogP contribution in [0.5, 0.6) is 0 Å². The zero-order chi connectivity index (χ0) is 17.5. The zero-order valence-electron chi connectivity index (χ0n) is 14.0. The number of likely N-dealkylation sites (tertiary alicyclic amines) is 1. The summed E-state index contributed by atoms with van der Waals surface area (Å²) in [6.07, 6.45) is 1.76. The van der Waals surface area contributed by atoms with Gasteiger partial charge >= 0.3 is 6.03 Å². The van der Waals surface area contributed by atoms with Gasteiger partial charge in [-0.1, -0.05) is 0 Å². The van der Waals surface area contributed by atoms with Crippen molar-refractivity contribution < 1.29 is 19.2 Å². The number of hydrogen-bond acceptors (Lipinski definition) is 4. The van der Waals surface area contributed by atoms with Crippen molar-refractivity contribution in [1.29, 1.82) is 0 Å². The lowest BCUT2D eigenvalue weighted by Gasteiger charge is -2.32. The SMILES string of the molecule is CC1=C(C)C(=O)N(CC2(CC(=O)N3CCCC3)NC(=O)NC2=O)C1. The summed E-state index contributed by atoms with van der Waals surface area (Å²) in [7, 11) is 0. The van der Waals surface area contributed by atoms with E-state index < -0.39 is 17.5 Å². The third-order valence-electron chi connectivity index (χ3n) is 5.06. The number of rotatable bonds is 4. The van der Waals surface area contributed by atoms with Crippen LogP contribution in [-0.2, 0) is 14.4 Å². The first-order valence-electron chi connectivity index (χ1n) is 8.19. The van der Waals surface area contributed by atoms with Crippen molar-refractivity contribution in [3.63, 3.8) is 0 Å². The summed E-state index contributed by atoms with van der Waals surface area (Å²) in [6, 6.07) is -0.623. The van der Waals surface area contributed by atoms with Crippen molar-refractivity contribution in [2.45, 2.75) is 38.6 Å². The predicted octanol–water partition coefficient (Wildman–Crippen LogP) is -0.244. The molecule has 1 atom stereocenters. The van der Waals surface area contributed by atoms with Gasteiger partial charge in [0.05, 0.1) is 13.0 Å². The Balaban J connectivity index is 1.79. The number of carbonyl (C=O) groups excluding carboxylic acids is 4. The van der Waals surface area contributed by atoms with E-state index in [-0.39, 0.29) is 24.8 Å². The van der Waals surface area contributed by atoms with Crippen molar-refractivity contribution in [1.82, 2.24) is 20.4 Å². The maximum absolute atomic E-state index is 12.5. The van der Waals surface area contributed by atoms with Gasteiger partial charge in [-0.3, -0.25) is 19.7 Å². The molecule has 0 aromatic carbocycles. The summed E-state index contributed by atoms with van der Waals surface area (Å²) in [5.74, 6) is -0.873. The lowest BCUT2D eigenvalue weighted by Crippen LogP contribution is -2.58. The van der Waals surface area contributed by atoms with Gasteiger partial charge < -0.3 is 15.1 Å². The Kier molecular flexibility index (Phi) is 4.06. The number of nitrogens with zero attached hydrogens (tertiary/aromatic N) is 2. The summed E-state index contributed by atoms with van der Waals surface area (Å²) in [5.41, 5.74) is 0.198. The van der Waals surface area contributed by atoms with E-state index in [9.17, 15) is 19.2 Å². The highest BCUT2D eigenvalue weighted by molar-refractivity contribution is 6.09. The van der Waals surface area contributed by atoms with Crippen LogP contribution in [0.1, 0.15) is 33.1 Å². The first-order valence-corrected chi connectivity index (χ1v) is 8.19. The Morgan fingerprint density at radius 3 is 2.33 bits per heavy atom. The van der Waals surface area contributed by atoms with Crippen molar-refractivity contribution in [2.75, 3.05) is 26.2 Å². The largest absolute Gasteiger partial charge is 0.343 e. The second-order valence-electron chi connectivity index (χ2n) is 6.82. The summed E-state index contributed by atoms with van der Waals surface area (Å²) < 4.78 is 0. The molecule has 0 aromatic rings. The molecule has 3 aliphatic heterocycles. The number of carbonyl (C=O) groups is 4. The number of imide groups is 1. The van der Waals surface area contributed by atoms with Crippen LogP contribution < -0.4 is 10.6 Å². The number of hydrogen-bond donors (Lipinski definition) is 2. The maximum Gasteiger partial charge on any atom is 0.322 e. The Labute approximate surface area is 140 Å². The molecule has 24 heavy (non-hydrogen) atoms. The molecule has 3 rings (SSSR count). The molecular weight excluding hydrogens is 312 g/mol. The highest BCUT2D eigenvalue weighted by Gasteiger charge is 2.50. The minimum atomic E-state index is -1.39. The molecule has 0 saturated carbocycles. The van der Waals surface area contributed by atoms with Crippen LogP contribution in [-0.4, -0.2) is 65.3 Å². The quantitative estimate of drug-likeness (QED) is 0.693. The van der Waals surface area contributed by atoms with Crippen LogP contribution in [0.25, 0.3) is 0 Å². The molecule has 1 unspecified atom stereocenters. The Morgan fingerprint density at radius 2 is 1.83 bits per heavy atom. The van der Waals surface area contributed by atoms with Crippen LogP contribution in [0.15, 0.2) is 11.1 Å². The average molecular weight is 334 g/mol. The molecule has 0 aromatic heterocycles. The standard InChI is InChI=1S/C16H22N4O4/c1-10-8-20(13(22)11(10)2)9-16(14(23)17-15(24)18-16)7-12(21)19-5-3-4-6-19/h3-9H2,1-2H3,(H2,17,18,23,24). The normalized spacial score (nSPS) is 27.2. The van der Waals surface area contributed by atoms with E-state index in [1.54, 1.807) is 11.8 Å². The number of urea groups is 1. The fourth-order valence-corrected chi connectivity index (χ4v) is 3.51. The number of nitrogens with one attached hydrogen (secondary N) is 2. The van der Waals surface area contributed by atoms with E-state index in [0.717, 1.165) is 18.4 Å². The van der Waals surface area contributed by atoms with Crippen LogP contribution >= 0.6 is 0 Å². The molecule has 8 heteroatoms. The van der Waals surface area contributed by atoms with Gasteiger partial charge in [0, 0.05) is 25.2 Å². The minimum absolute atomic E-state index is 0.00231. The predicted molar refractivity (Wildman–Crippen MR) is 84.8 cm³/mol. The molecule has 0 bridgehead atoms. The molecule has 0 radical (unpaired) electrons. The first-order chi connectivity index (χ1) is 11.3. The van der Waals surface area contributed by atoms with Crippen LogP contribution in [0.3, 0.4) is 0 Å². The van der Waals surface area contributed by atoms with Gasteiger partial charge in [-0.15, -0.1) is 0 Å². The molecule has 8 nitrogen and oxygen atoms in total. The van der Waals surface area contributed by atoms with Gasteiger partial charge in [-0.25, -0.2) is 4.79 Å². The summed E-state index contributed by atoms with van der Waals surface area (Å²) in [4.78, 5) is 52.1. The molecular formula is C16H22N4O4. The topological polar surface area (TPSA) is 98.8 Å². The molecule has 3 heterocycles. The lowest BCUT2D eigenvalue weighted by atomic mass is 9.93. The summed E-state index contributed by atoms with van der Waals surface area (Å²) in [6.45, 7) is 5.36.